The van der Waals surface area contributed by atoms with Crippen LogP contribution in [0.1, 0.15) is 70.6 Å². The maximum Gasteiger partial charge on any atom is 0.00782 e. The van der Waals surface area contributed by atoms with E-state index < -0.39 is 0 Å². The van der Waals surface area contributed by atoms with Gasteiger partial charge in [0.05, 0.1) is 0 Å². The Balaban J connectivity index is 1.47. The molecule has 4 saturated carbocycles. The Bertz CT molecular complexity index is 464. The van der Waals surface area contributed by atoms with Crippen molar-refractivity contribution in [3.63, 3.8) is 0 Å². The first-order valence-corrected chi connectivity index (χ1v) is 9.03. The van der Waals surface area contributed by atoms with E-state index in [9.17, 15) is 0 Å². The molecule has 0 aromatic heterocycles. The molecule has 0 atom stereocenters. The van der Waals surface area contributed by atoms with Crippen molar-refractivity contribution in [2.75, 3.05) is 0 Å². The zero-order valence-electron chi connectivity index (χ0n) is 12.7. The Morgan fingerprint density at radius 2 is 1.40 bits per heavy atom. The second kappa shape index (κ2) is 4.02. The van der Waals surface area contributed by atoms with E-state index in [0.717, 1.165) is 11.8 Å². The largest absolute Gasteiger partial charge is 0.0833 e. The Morgan fingerprint density at radius 1 is 0.800 bits per heavy atom. The molecule has 0 saturated heterocycles. The quantitative estimate of drug-likeness (QED) is 0.610. The van der Waals surface area contributed by atoms with Gasteiger partial charge in [-0.1, -0.05) is 18.2 Å². The first-order valence-electron chi connectivity index (χ1n) is 9.03. The van der Waals surface area contributed by atoms with Crippen molar-refractivity contribution < 1.29 is 0 Å². The summed E-state index contributed by atoms with van der Waals surface area (Å²) in [6, 6.07) is 0. The SMILES string of the molecule is C1=CC(C23CCC(CC2)C3)=C[C](C23CCC(CC2)C3)C1. The van der Waals surface area contributed by atoms with Crippen LogP contribution in [0.3, 0.4) is 0 Å². The summed E-state index contributed by atoms with van der Waals surface area (Å²) in [6.07, 6.45) is 24.0. The first-order chi connectivity index (χ1) is 9.78. The molecule has 0 amide bonds. The van der Waals surface area contributed by atoms with E-state index in [1.54, 1.807) is 5.57 Å². The van der Waals surface area contributed by atoms with Gasteiger partial charge < -0.3 is 0 Å². The summed E-state index contributed by atoms with van der Waals surface area (Å²) in [6.45, 7) is 0. The highest BCUT2D eigenvalue weighted by atomic mass is 14.6. The van der Waals surface area contributed by atoms with Crippen molar-refractivity contribution in [2.45, 2.75) is 70.6 Å². The van der Waals surface area contributed by atoms with E-state index in [4.69, 9.17) is 0 Å². The molecule has 0 nitrogen and oxygen atoms in total. The van der Waals surface area contributed by atoms with Gasteiger partial charge in [0.1, 0.15) is 0 Å². The molecule has 0 spiro atoms. The predicted octanol–water partition coefficient (Wildman–Crippen LogP) is 5.61. The standard InChI is InChI=1S/C20H27/c1-2-17(19-8-4-15(13-19)5-9-19)12-18(3-1)20-10-6-16(14-20)7-11-20/h1-2,12,15-16H,3-11,13-14H2. The second-order valence-corrected chi connectivity index (χ2v) is 8.59. The average molecular weight is 267 g/mol. The zero-order valence-corrected chi connectivity index (χ0v) is 12.7. The second-order valence-electron chi connectivity index (χ2n) is 8.59. The number of fused-ring (bicyclic) bond motifs is 4. The van der Waals surface area contributed by atoms with Crippen LogP contribution in [0, 0.1) is 28.6 Å². The minimum absolute atomic E-state index is 0.611. The molecular formula is C20H27. The van der Waals surface area contributed by atoms with Gasteiger partial charge in [0.2, 0.25) is 0 Å². The number of allylic oxidation sites excluding steroid dienone is 4. The molecule has 107 valence electrons. The highest BCUT2D eigenvalue weighted by Gasteiger charge is 2.51. The maximum absolute atomic E-state index is 2.71. The van der Waals surface area contributed by atoms with Crippen molar-refractivity contribution in [1.82, 2.24) is 0 Å². The summed E-state index contributed by atoms with van der Waals surface area (Å²) in [7, 11) is 0. The smallest absolute Gasteiger partial charge is 0.00782 e. The van der Waals surface area contributed by atoms with Crippen molar-refractivity contribution in [2.24, 2.45) is 22.7 Å². The highest BCUT2D eigenvalue weighted by molar-refractivity contribution is 5.42. The first kappa shape index (κ1) is 12.1. The van der Waals surface area contributed by atoms with Crippen LogP contribution in [0.5, 0.6) is 0 Å². The minimum Gasteiger partial charge on any atom is -0.0833 e. The van der Waals surface area contributed by atoms with Crippen LogP contribution in [0.15, 0.2) is 23.8 Å². The molecule has 0 N–H and O–H groups in total. The van der Waals surface area contributed by atoms with Crippen LogP contribution in [0.4, 0.5) is 0 Å². The third-order valence-corrected chi connectivity index (χ3v) is 7.74. The molecule has 5 rings (SSSR count). The predicted molar refractivity (Wildman–Crippen MR) is 83.1 cm³/mol. The van der Waals surface area contributed by atoms with E-state index in [1.165, 1.54) is 70.6 Å². The minimum atomic E-state index is 0.611. The molecular weight excluding hydrogens is 240 g/mol. The van der Waals surface area contributed by atoms with Crippen molar-refractivity contribution in [1.29, 1.82) is 0 Å². The molecule has 5 aliphatic carbocycles. The van der Waals surface area contributed by atoms with Gasteiger partial charge >= 0.3 is 0 Å². The van der Waals surface area contributed by atoms with E-state index in [-0.39, 0.29) is 0 Å². The van der Waals surface area contributed by atoms with Crippen molar-refractivity contribution in [3.8, 4) is 0 Å². The fraction of sp³-hybridized carbons (Fsp3) is 0.750. The fourth-order valence-electron chi connectivity index (χ4n) is 6.55. The third kappa shape index (κ3) is 1.54. The third-order valence-electron chi connectivity index (χ3n) is 7.74. The molecule has 20 heavy (non-hydrogen) atoms. The van der Waals surface area contributed by atoms with Gasteiger partial charge in [0.15, 0.2) is 0 Å². The molecule has 0 aromatic rings. The van der Waals surface area contributed by atoms with Gasteiger partial charge in [-0.25, -0.2) is 0 Å². The van der Waals surface area contributed by atoms with E-state index in [1.807, 2.05) is 5.92 Å². The number of hydrogen-bond acceptors (Lipinski definition) is 0. The fourth-order valence-corrected chi connectivity index (χ4v) is 6.55. The van der Waals surface area contributed by atoms with E-state index >= 15 is 0 Å². The number of hydrogen-bond donors (Lipinski definition) is 0. The molecule has 0 heteroatoms. The normalized spacial score (nSPS) is 50.1. The zero-order chi connectivity index (χ0) is 13.2. The Hall–Kier alpha value is -0.520. The van der Waals surface area contributed by atoms with Gasteiger partial charge in [0.25, 0.3) is 0 Å². The summed E-state index contributed by atoms with van der Waals surface area (Å²) in [5.74, 6) is 3.97. The van der Waals surface area contributed by atoms with E-state index in [2.05, 4.69) is 18.2 Å². The lowest BCUT2D eigenvalue weighted by molar-refractivity contribution is 0.313. The monoisotopic (exact) mass is 267 g/mol. The molecule has 0 heterocycles. The molecule has 5 aliphatic rings. The Labute approximate surface area is 123 Å². The summed E-state index contributed by atoms with van der Waals surface area (Å²) < 4.78 is 0. The van der Waals surface area contributed by atoms with Gasteiger partial charge in [-0.2, -0.15) is 0 Å². The topological polar surface area (TPSA) is 0 Å². The highest BCUT2D eigenvalue weighted by Crippen LogP contribution is 2.63. The molecule has 1 radical (unpaired) electrons. The van der Waals surface area contributed by atoms with Gasteiger partial charge in [-0.05, 0) is 98.9 Å². The van der Waals surface area contributed by atoms with Crippen molar-refractivity contribution in [3.05, 3.63) is 29.7 Å². The lowest BCUT2D eigenvalue weighted by Crippen LogP contribution is -2.26. The lowest BCUT2D eigenvalue weighted by Gasteiger charge is -2.38. The average Bonchev–Trinajstić information content (AvgIpc) is 3.28. The summed E-state index contributed by atoms with van der Waals surface area (Å²) in [5.41, 5.74) is 3.00. The van der Waals surface area contributed by atoms with Crippen LogP contribution < -0.4 is 0 Å². The summed E-state index contributed by atoms with van der Waals surface area (Å²) in [4.78, 5) is 0. The Morgan fingerprint density at radius 3 is 1.95 bits per heavy atom. The van der Waals surface area contributed by atoms with Gasteiger partial charge in [0, 0.05) is 5.92 Å². The maximum atomic E-state index is 2.71. The van der Waals surface area contributed by atoms with Crippen LogP contribution in [0.2, 0.25) is 0 Å². The lowest BCUT2D eigenvalue weighted by atomic mass is 9.66. The van der Waals surface area contributed by atoms with Crippen LogP contribution in [-0.2, 0) is 0 Å². The summed E-state index contributed by atoms with van der Waals surface area (Å²) >= 11 is 0. The molecule has 4 fully saturated rings. The summed E-state index contributed by atoms with van der Waals surface area (Å²) in [5, 5.41) is 0. The Kier molecular flexibility index (Phi) is 2.43. The van der Waals surface area contributed by atoms with E-state index in [0.29, 0.717) is 10.8 Å². The molecule has 4 bridgehead atoms. The van der Waals surface area contributed by atoms with Gasteiger partial charge in [-0.15, -0.1) is 0 Å². The van der Waals surface area contributed by atoms with Crippen LogP contribution >= 0.6 is 0 Å². The molecule has 0 unspecified atom stereocenters. The number of rotatable bonds is 2. The van der Waals surface area contributed by atoms with Crippen LogP contribution in [-0.4, -0.2) is 0 Å². The molecule has 0 aromatic carbocycles. The van der Waals surface area contributed by atoms with Crippen LogP contribution in [0.25, 0.3) is 0 Å². The van der Waals surface area contributed by atoms with Crippen molar-refractivity contribution >= 4 is 0 Å². The van der Waals surface area contributed by atoms with Gasteiger partial charge in [-0.3, -0.25) is 0 Å². The molecule has 0 aliphatic heterocycles.